The molecular weight excluding hydrogens is 346 g/mol. The summed E-state index contributed by atoms with van der Waals surface area (Å²) in [7, 11) is 4.15. The molecule has 0 saturated carbocycles. The number of halogens is 1. The highest BCUT2D eigenvalue weighted by Crippen LogP contribution is 2.07. The first-order chi connectivity index (χ1) is 12.6. The molecule has 0 aliphatic heterocycles. The SMILES string of the molecule is CCNC(=NCc1ccc(CN(C)C)cc1)NCCc1ccc(Cl)nc1. The van der Waals surface area contributed by atoms with E-state index < -0.39 is 0 Å². The molecule has 0 unspecified atom stereocenters. The van der Waals surface area contributed by atoms with Crippen LogP contribution in [0.3, 0.4) is 0 Å². The van der Waals surface area contributed by atoms with Gasteiger partial charge in [0.15, 0.2) is 5.96 Å². The molecule has 1 aromatic carbocycles. The normalized spacial score (nSPS) is 11.7. The zero-order valence-corrected chi connectivity index (χ0v) is 16.6. The number of nitrogens with one attached hydrogen (secondary N) is 2. The highest BCUT2D eigenvalue weighted by atomic mass is 35.5. The second kappa shape index (κ2) is 10.8. The van der Waals surface area contributed by atoms with Gasteiger partial charge in [-0.1, -0.05) is 41.9 Å². The zero-order valence-electron chi connectivity index (χ0n) is 15.8. The third-order valence-electron chi connectivity index (χ3n) is 3.78. The summed E-state index contributed by atoms with van der Waals surface area (Å²) in [5.74, 6) is 0.826. The molecule has 0 saturated heterocycles. The Hall–Kier alpha value is -2.11. The average Bonchev–Trinajstić information content (AvgIpc) is 2.62. The van der Waals surface area contributed by atoms with Crippen molar-refractivity contribution in [3.05, 3.63) is 64.4 Å². The van der Waals surface area contributed by atoms with Gasteiger partial charge in [0.25, 0.3) is 0 Å². The molecule has 0 aliphatic rings. The molecule has 26 heavy (non-hydrogen) atoms. The molecule has 0 atom stereocenters. The van der Waals surface area contributed by atoms with Crippen LogP contribution >= 0.6 is 11.6 Å². The van der Waals surface area contributed by atoms with Crippen LogP contribution in [0.5, 0.6) is 0 Å². The third-order valence-corrected chi connectivity index (χ3v) is 4.00. The molecule has 140 valence electrons. The number of aromatic nitrogens is 1. The van der Waals surface area contributed by atoms with Crippen molar-refractivity contribution in [2.45, 2.75) is 26.4 Å². The molecule has 0 bridgehead atoms. The van der Waals surface area contributed by atoms with E-state index in [0.717, 1.165) is 37.6 Å². The molecule has 5 nitrogen and oxygen atoms in total. The van der Waals surface area contributed by atoms with Gasteiger partial charge in [0.1, 0.15) is 5.15 Å². The largest absolute Gasteiger partial charge is 0.357 e. The first kappa shape index (κ1) is 20.2. The molecule has 2 N–H and O–H groups in total. The number of benzene rings is 1. The van der Waals surface area contributed by atoms with Crippen molar-refractivity contribution in [1.82, 2.24) is 20.5 Å². The van der Waals surface area contributed by atoms with Crippen LogP contribution < -0.4 is 10.6 Å². The summed E-state index contributed by atoms with van der Waals surface area (Å²) >= 11 is 5.81. The van der Waals surface area contributed by atoms with E-state index >= 15 is 0 Å². The predicted octanol–water partition coefficient (Wildman–Crippen LogP) is 3.09. The number of hydrogen-bond acceptors (Lipinski definition) is 3. The molecular formula is C20H28ClN5. The maximum Gasteiger partial charge on any atom is 0.191 e. The molecule has 0 radical (unpaired) electrons. The van der Waals surface area contributed by atoms with Gasteiger partial charge in [-0.15, -0.1) is 0 Å². The van der Waals surface area contributed by atoms with E-state index in [-0.39, 0.29) is 0 Å². The summed E-state index contributed by atoms with van der Waals surface area (Å²) < 4.78 is 0. The van der Waals surface area contributed by atoms with Gasteiger partial charge in [-0.05, 0) is 50.2 Å². The number of hydrogen-bond donors (Lipinski definition) is 2. The van der Waals surface area contributed by atoms with Crippen LogP contribution in [-0.4, -0.2) is 43.0 Å². The van der Waals surface area contributed by atoms with Gasteiger partial charge >= 0.3 is 0 Å². The second-order valence-corrected chi connectivity index (χ2v) is 6.80. The van der Waals surface area contributed by atoms with E-state index in [1.54, 1.807) is 0 Å². The Morgan fingerprint density at radius 2 is 1.73 bits per heavy atom. The Morgan fingerprint density at radius 1 is 1.04 bits per heavy atom. The molecule has 0 amide bonds. The summed E-state index contributed by atoms with van der Waals surface area (Å²) in [6.45, 7) is 5.29. The van der Waals surface area contributed by atoms with E-state index in [1.807, 2.05) is 18.3 Å². The van der Waals surface area contributed by atoms with E-state index in [2.05, 4.69) is 70.8 Å². The average molecular weight is 374 g/mol. The lowest BCUT2D eigenvalue weighted by atomic mass is 10.1. The summed E-state index contributed by atoms with van der Waals surface area (Å²) in [4.78, 5) is 10.9. The van der Waals surface area contributed by atoms with Gasteiger partial charge in [-0.25, -0.2) is 9.98 Å². The Morgan fingerprint density at radius 3 is 2.35 bits per heavy atom. The first-order valence-corrected chi connectivity index (χ1v) is 9.29. The monoisotopic (exact) mass is 373 g/mol. The molecule has 0 fully saturated rings. The lowest BCUT2D eigenvalue weighted by molar-refractivity contribution is 0.402. The lowest BCUT2D eigenvalue weighted by Gasteiger charge is -2.12. The fourth-order valence-electron chi connectivity index (χ4n) is 2.51. The topological polar surface area (TPSA) is 52.6 Å². The van der Waals surface area contributed by atoms with Crippen LogP contribution in [0.25, 0.3) is 0 Å². The van der Waals surface area contributed by atoms with Crippen molar-refractivity contribution in [3.8, 4) is 0 Å². The summed E-state index contributed by atoms with van der Waals surface area (Å²) in [5.41, 5.74) is 3.66. The van der Waals surface area contributed by atoms with Crippen molar-refractivity contribution < 1.29 is 0 Å². The molecule has 0 aliphatic carbocycles. The van der Waals surface area contributed by atoms with Crippen LogP contribution in [-0.2, 0) is 19.5 Å². The van der Waals surface area contributed by atoms with Crippen LogP contribution in [0.1, 0.15) is 23.6 Å². The summed E-state index contributed by atoms with van der Waals surface area (Å²) in [6, 6.07) is 12.4. The van der Waals surface area contributed by atoms with E-state index in [4.69, 9.17) is 11.6 Å². The van der Waals surface area contributed by atoms with E-state index in [1.165, 1.54) is 11.1 Å². The van der Waals surface area contributed by atoms with Crippen LogP contribution in [0, 0.1) is 0 Å². The highest BCUT2D eigenvalue weighted by Gasteiger charge is 2.00. The number of rotatable bonds is 8. The van der Waals surface area contributed by atoms with Crippen LogP contribution in [0.4, 0.5) is 0 Å². The van der Waals surface area contributed by atoms with Crippen molar-refractivity contribution in [2.75, 3.05) is 27.2 Å². The predicted molar refractivity (Wildman–Crippen MR) is 110 cm³/mol. The van der Waals surface area contributed by atoms with E-state index in [0.29, 0.717) is 11.7 Å². The summed E-state index contributed by atoms with van der Waals surface area (Å²) in [6.07, 6.45) is 2.68. The fourth-order valence-corrected chi connectivity index (χ4v) is 2.62. The van der Waals surface area contributed by atoms with Crippen LogP contribution in [0.15, 0.2) is 47.6 Å². The van der Waals surface area contributed by atoms with Crippen molar-refractivity contribution >= 4 is 17.6 Å². The van der Waals surface area contributed by atoms with Crippen LogP contribution in [0.2, 0.25) is 5.15 Å². The number of aliphatic imine (C=N–C) groups is 1. The van der Waals surface area contributed by atoms with Crippen molar-refractivity contribution in [2.24, 2.45) is 4.99 Å². The standard InChI is InChI=1S/C20H28ClN5/c1-4-22-20(23-12-11-17-9-10-19(21)24-13-17)25-14-16-5-7-18(8-6-16)15-26(2)3/h5-10,13H,4,11-12,14-15H2,1-3H3,(H2,22,23,25). The summed E-state index contributed by atoms with van der Waals surface area (Å²) in [5, 5.41) is 7.17. The molecule has 0 spiro atoms. The molecule has 2 rings (SSSR count). The quantitative estimate of drug-likeness (QED) is 0.424. The Labute approximate surface area is 161 Å². The van der Waals surface area contributed by atoms with Crippen molar-refractivity contribution in [1.29, 1.82) is 0 Å². The van der Waals surface area contributed by atoms with Gasteiger partial charge in [-0.2, -0.15) is 0 Å². The molecule has 2 aromatic rings. The Bertz CT molecular complexity index is 680. The fraction of sp³-hybridized carbons (Fsp3) is 0.400. The molecule has 1 heterocycles. The number of nitrogens with zero attached hydrogens (tertiary/aromatic N) is 3. The number of guanidine groups is 1. The third kappa shape index (κ3) is 7.42. The first-order valence-electron chi connectivity index (χ1n) is 8.92. The van der Waals surface area contributed by atoms with Gasteiger partial charge in [-0.3, -0.25) is 0 Å². The maximum atomic E-state index is 5.81. The smallest absolute Gasteiger partial charge is 0.191 e. The lowest BCUT2D eigenvalue weighted by Crippen LogP contribution is -2.38. The van der Waals surface area contributed by atoms with Gasteiger partial charge < -0.3 is 15.5 Å². The minimum absolute atomic E-state index is 0.521. The zero-order chi connectivity index (χ0) is 18.8. The van der Waals surface area contributed by atoms with Crippen molar-refractivity contribution in [3.63, 3.8) is 0 Å². The van der Waals surface area contributed by atoms with Gasteiger partial charge in [0.2, 0.25) is 0 Å². The minimum atomic E-state index is 0.521. The molecule has 6 heteroatoms. The minimum Gasteiger partial charge on any atom is -0.357 e. The maximum absolute atomic E-state index is 5.81. The number of pyridine rings is 1. The van der Waals surface area contributed by atoms with Gasteiger partial charge in [0.05, 0.1) is 6.54 Å². The van der Waals surface area contributed by atoms with Gasteiger partial charge in [0, 0.05) is 25.8 Å². The molecule has 1 aromatic heterocycles. The van der Waals surface area contributed by atoms with E-state index in [9.17, 15) is 0 Å². The second-order valence-electron chi connectivity index (χ2n) is 6.42. The Balaban J connectivity index is 1.86. The highest BCUT2D eigenvalue weighted by molar-refractivity contribution is 6.29. The Kier molecular flexibility index (Phi) is 8.38.